The molecule has 0 radical (unpaired) electrons. The van der Waals surface area contributed by atoms with Crippen molar-refractivity contribution in [3.8, 4) is 12.3 Å². The van der Waals surface area contributed by atoms with Crippen molar-refractivity contribution in [1.29, 1.82) is 0 Å². The van der Waals surface area contributed by atoms with Gasteiger partial charge >= 0.3 is 0 Å². The van der Waals surface area contributed by atoms with E-state index in [2.05, 4.69) is 79.3 Å². The molecule has 0 saturated carbocycles. The number of piperidine rings is 1. The maximum Gasteiger partial charge on any atom is 0.108 e. The van der Waals surface area contributed by atoms with Gasteiger partial charge in [-0.3, -0.25) is 4.90 Å². The summed E-state index contributed by atoms with van der Waals surface area (Å²) in [6.07, 6.45) is 10.6. The topological polar surface area (TPSA) is 12.5 Å². The van der Waals surface area contributed by atoms with Crippen LogP contribution in [0.15, 0.2) is 54.6 Å². The van der Waals surface area contributed by atoms with Gasteiger partial charge in [-0.25, -0.2) is 0 Å². The van der Waals surface area contributed by atoms with Gasteiger partial charge in [0.1, 0.15) is 6.10 Å². The van der Waals surface area contributed by atoms with E-state index in [0.29, 0.717) is 24.1 Å². The summed E-state index contributed by atoms with van der Waals surface area (Å²) < 4.78 is 6.79. The number of nitrogens with zero attached hydrogens (tertiary/aromatic N) is 1. The zero-order valence-electron chi connectivity index (χ0n) is 17.1. The molecule has 2 aliphatic rings. The number of terminal acetylenes is 1. The first-order valence-electron chi connectivity index (χ1n) is 10.6. The SMILES string of the molecule is C#CCN1[C@@H]2CC[C@H]1CC(OC(c1ccccc1)c1ccc(C(C)C)cc1)C2. The van der Waals surface area contributed by atoms with Crippen molar-refractivity contribution in [3.05, 3.63) is 71.3 Å². The summed E-state index contributed by atoms with van der Waals surface area (Å²) in [7, 11) is 0. The first-order chi connectivity index (χ1) is 13.7. The molecular formula is C26H31NO. The van der Waals surface area contributed by atoms with Gasteiger partial charge < -0.3 is 4.74 Å². The molecule has 0 aliphatic carbocycles. The van der Waals surface area contributed by atoms with Crippen LogP contribution in [0.2, 0.25) is 0 Å². The standard InChI is InChI=1S/C26H31NO/c1-4-16-27-23-14-15-24(27)18-25(17-23)28-26(21-8-6-5-7-9-21)22-12-10-20(11-13-22)19(2)3/h1,5-13,19,23-26H,14-18H2,2-3H3/t23-,24+,25?,26?. The minimum atomic E-state index is -0.00834. The highest BCUT2D eigenvalue weighted by atomic mass is 16.5. The molecule has 146 valence electrons. The normalized spacial score (nSPS) is 25.6. The van der Waals surface area contributed by atoms with E-state index >= 15 is 0 Å². The fraction of sp³-hybridized carbons (Fsp3) is 0.462. The number of benzene rings is 2. The average molecular weight is 374 g/mol. The molecule has 2 bridgehead atoms. The molecule has 4 rings (SSSR count). The van der Waals surface area contributed by atoms with E-state index in [-0.39, 0.29) is 6.10 Å². The van der Waals surface area contributed by atoms with Crippen LogP contribution in [-0.2, 0) is 4.74 Å². The molecule has 2 aliphatic heterocycles. The Balaban J connectivity index is 1.55. The predicted octanol–water partition coefficient (Wildman–Crippen LogP) is 5.54. The lowest BCUT2D eigenvalue weighted by atomic mass is 9.95. The van der Waals surface area contributed by atoms with Crippen molar-refractivity contribution in [1.82, 2.24) is 4.90 Å². The second-order valence-electron chi connectivity index (χ2n) is 8.60. The van der Waals surface area contributed by atoms with Crippen molar-refractivity contribution >= 4 is 0 Å². The van der Waals surface area contributed by atoms with Gasteiger partial charge in [0.05, 0.1) is 12.6 Å². The Morgan fingerprint density at radius 3 is 2.07 bits per heavy atom. The molecular weight excluding hydrogens is 342 g/mol. The quantitative estimate of drug-likeness (QED) is 0.616. The third-order valence-corrected chi connectivity index (χ3v) is 6.45. The maximum atomic E-state index is 6.79. The molecule has 2 heteroatoms. The molecule has 4 atom stereocenters. The van der Waals surface area contributed by atoms with Crippen molar-refractivity contribution in [2.45, 2.75) is 69.7 Å². The van der Waals surface area contributed by atoms with Gasteiger partial charge in [0.25, 0.3) is 0 Å². The lowest BCUT2D eigenvalue weighted by Crippen LogP contribution is -2.45. The molecule has 2 aromatic carbocycles. The fourth-order valence-corrected chi connectivity index (χ4v) is 4.92. The molecule has 2 fully saturated rings. The average Bonchev–Trinajstić information content (AvgIpc) is 2.95. The highest BCUT2D eigenvalue weighted by Crippen LogP contribution is 2.39. The summed E-state index contributed by atoms with van der Waals surface area (Å²) in [5.41, 5.74) is 3.85. The van der Waals surface area contributed by atoms with Gasteiger partial charge in [0, 0.05) is 12.1 Å². The van der Waals surface area contributed by atoms with Crippen LogP contribution in [0.25, 0.3) is 0 Å². The number of fused-ring (bicyclic) bond motifs is 2. The summed E-state index contributed by atoms with van der Waals surface area (Å²) in [5, 5.41) is 0. The van der Waals surface area contributed by atoms with E-state index < -0.39 is 0 Å². The number of hydrogen-bond donors (Lipinski definition) is 0. The summed E-state index contributed by atoms with van der Waals surface area (Å²) in [6.45, 7) is 5.25. The van der Waals surface area contributed by atoms with Crippen LogP contribution in [0.5, 0.6) is 0 Å². The monoisotopic (exact) mass is 373 g/mol. The van der Waals surface area contributed by atoms with Gasteiger partial charge in [-0.05, 0) is 48.3 Å². The van der Waals surface area contributed by atoms with Gasteiger partial charge in [0.15, 0.2) is 0 Å². The van der Waals surface area contributed by atoms with Crippen molar-refractivity contribution < 1.29 is 4.74 Å². The molecule has 28 heavy (non-hydrogen) atoms. The summed E-state index contributed by atoms with van der Waals surface area (Å²) in [6, 6.07) is 20.8. The van der Waals surface area contributed by atoms with Crippen LogP contribution in [0.3, 0.4) is 0 Å². The Kier molecular flexibility index (Phi) is 5.85. The molecule has 0 N–H and O–H groups in total. The highest BCUT2D eigenvalue weighted by molar-refractivity contribution is 5.33. The molecule has 2 aromatic rings. The van der Waals surface area contributed by atoms with E-state index in [1.54, 1.807) is 0 Å². The molecule has 2 unspecified atom stereocenters. The van der Waals surface area contributed by atoms with Crippen LogP contribution in [0, 0.1) is 12.3 Å². The Bertz CT molecular complexity index is 791. The molecule has 0 aromatic heterocycles. The molecule has 2 saturated heterocycles. The first-order valence-corrected chi connectivity index (χ1v) is 10.6. The largest absolute Gasteiger partial charge is 0.365 e. The fourth-order valence-electron chi connectivity index (χ4n) is 4.92. The highest BCUT2D eigenvalue weighted by Gasteiger charge is 2.41. The van der Waals surface area contributed by atoms with E-state index in [9.17, 15) is 0 Å². The Hall–Kier alpha value is -2.08. The van der Waals surface area contributed by atoms with E-state index in [1.165, 1.54) is 29.5 Å². The van der Waals surface area contributed by atoms with Crippen LogP contribution >= 0.6 is 0 Å². The van der Waals surface area contributed by atoms with Crippen LogP contribution in [0.1, 0.15) is 68.2 Å². The van der Waals surface area contributed by atoms with Gasteiger partial charge in [0.2, 0.25) is 0 Å². The van der Waals surface area contributed by atoms with Crippen molar-refractivity contribution in [2.24, 2.45) is 0 Å². The molecule has 0 spiro atoms. The molecule has 2 heterocycles. The number of rotatable bonds is 6. The molecule has 0 amide bonds. The number of ether oxygens (including phenoxy) is 1. The van der Waals surface area contributed by atoms with E-state index in [4.69, 9.17) is 11.2 Å². The number of hydrogen-bond acceptors (Lipinski definition) is 2. The minimum absolute atomic E-state index is 0.00834. The smallest absolute Gasteiger partial charge is 0.108 e. The summed E-state index contributed by atoms with van der Waals surface area (Å²) >= 11 is 0. The van der Waals surface area contributed by atoms with Crippen LogP contribution in [-0.4, -0.2) is 29.6 Å². The van der Waals surface area contributed by atoms with E-state index in [1.807, 2.05) is 0 Å². The summed E-state index contributed by atoms with van der Waals surface area (Å²) in [4.78, 5) is 2.52. The maximum absolute atomic E-state index is 6.79. The van der Waals surface area contributed by atoms with Crippen LogP contribution in [0.4, 0.5) is 0 Å². The third kappa shape index (κ3) is 4.02. The Morgan fingerprint density at radius 2 is 1.50 bits per heavy atom. The second-order valence-corrected chi connectivity index (χ2v) is 8.60. The zero-order chi connectivity index (χ0) is 19.5. The first kappa shape index (κ1) is 19.2. The van der Waals surface area contributed by atoms with Crippen molar-refractivity contribution in [3.63, 3.8) is 0 Å². The Morgan fingerprint density at radius 1 is 0.929 bits per heavy atom. The third-order valence-electron chi connectivity index (χ3n) is 6.45. The predicted molar refractivity (Wildman–Crippen MR) is 115 cm³/mol. The van der Waals surface area contributed by atoms with Gasteiger partial charge in [-0.2, -0.15) is 0 Å². The van der Waals surface area contributed by atoms with Gasteiger partial charge in [-0.1, -0.05) is 74.4 Å². The second kappa shape index (κ2) is 8.52. The lowest BCUT2D eigenvalue weighted by Gasteiger charge is -2.39. The minimum Gasteiger partial charge on any atom is -0.365 e. The van der Waals surface area contributed by atoms with E-state index in [0.717, 1.165) is 19.4 Å². The van der Waals surface area contributed by atoms with Crippen LogP contribution < -0.4 is 0 Å². The Labute approximate surface area is 169 Å². The molecule has 2 nitrogen and oxygen atoms in total. The van der Waals surface area contributed by atoms with Crippen molar-refractivity contribution in [2.75, 3.05) is 6.54 Å². The van der Waals surface area contributed by atoms with Gasteiger partial charge in [-0.15, -0.1) is 6.42 Å². The zero-order valence-corrected chi connectivity index (χ0v) is 17.1. The lowest BCUT2D eigenvalue weighted by molar-refractivity contribution is -0.0453. The summed E-state index contributed by atoms with van der Waals surface area (Å²) in [5.74, 6) is 3.39.